The first-order valence-electron chi connectivity index (χ1n) is 4.70. The molecule has 0 spiro atoms. The molecule has 78 valence electrons. The van der Waals surface area contributed by atoms with Gasteiger partial charge in [-0.25, -0.2) is 4.98 Å². The van der Waals surface area contributed by atoms with E-state index >= 15 is 0 Å². The third-order valence-electron chi connectivity index (χ3n) is 2.11. The molecule has 2 heterocycles. The Hall–Kier alpha value is -2.08. The van der Waals surface area contributed by atoms with E-state index in [0.717, 1.165) is 28.6 Å². The number of imidazole rings is 1. The average molecular weight is 229 g/mol. The lowest BCUT2D eigenvalue weighted by molar-refractivity contribution is 1.11. The van der Waals surface area contributed by atoms with Gasteiger partial charge < -0.3 is 4.98 Å². The average Bonchev–Trinajstić information content (AvgIpc) is 2.95. The first-order chi connectivity index (χ1) is 7.92. The van der Waals surface area contributed by atoms with Crippen LogP contribution in [0.25, 0.3) is 23.2 Å². The minimum atomic E-state index is 0.602. The van der Waals surface area contributed by atoms with Crippen LogP contribution in [0.4, 0.5) is 0 Å². The van der Waals surface area contributed by atoms with Crippen LogP contribution in [0.15, 0.2) is 24.3 Å². The summed E-state index contributed by atoms with van der Waals surface area (Å²) in [6, 6.07) is 7.89. The number of nitrogens with zero attached hydrogens (tertiary/aromatic N) is 4. The van der Waals surface area contributed by atoms with Crippen molar-refractivity contribution in [2.45, 2.75) is 0 Å². The highest BCUT2D eigenvalue weighted by atomic mass is 32.1. The van der Waals surface area contributed by atoms with Crippen LogP contribution in [-0.4, -0.2) is 23.9 Å². The van der Waals surface area contributed by atoms with Gasteiger partial charge in [0.05, 0.1) is 22.8 Å². The second-order valence-electron chi connectivity index (χ2n) is 3.19. The van der Waals surface area contributed by atoms with Crippen molar-refractivity contribution in [2.24, 2.45) is 0 Å². The maximum absolute atomic E-state index is 4.40. The van der Waals surface area contributed by atoms with E-state index in [9.17, 15) is 0 Å². The minimum absolute atomic E-state index is 0.602. The molecular formula is C10H7N5S. The molecule has 16 heavy (non-hydrogen) atoms. The lowest BCUT2D eigenvalue weighted by Crippen LogP contribution is -1.76. The standard InChI is InChI=1S/C10H7N5S/c1-2-4-8-7(3-1)11-9(12-8)5-6-10-13-15-16-14-10/h1-6H,(H,11,12). The van der Waals surface area contributed by atoms with E-state index in [1.54, 1.807) is 6.08 Å². The van der Waals surface area contributed by atoms with Crippen molar-refractivity contribution in [3.63, 3.8) is 0 Å². The van der Waals surface area contributed by atoms with Gasteiger partial charge in [-0.2, -0.15) is 4.37 Å². The van der Waals surface area contributed by atoms with Gasteiger partial charge in [0.15, 0.2) is 5.82 Å². The number of H-pyrrole nitrogens is 1. The summed E-state index contributed by atoms with van der Waals surface area (Å²) in [4.78, 5) is 7.58. The number of hydrogen-bond donors (Lipinski definition) is 1. The number of aromatic nitrogens is 5. The van der Waals surface area contributed by atoms with E-state index < -0.39 is 0 Å². The third kappa shape index (κ3) is 1.70. The fourth-order valence-electron chi connectivity index (χ4n) is 1.41. The van der Waals surface area contributed by atoms with Gasteiger partial charge in [0, 0.05) is 0 Å². The molecule has 0 aliphatic carbocycles. The number of fused-ring (bicyclic) bond motifs is 1. The number of benzene rings is 1. The Balaban J connectivity index is 1.95. The normalized spacial score (nSPS) is 11.5. The molecule has 2 aromatic heterocycles. The number of nitrogens with one attached hydrogen (secondary N) is 1. The van der Waals surface area contributed by atoms with Gasteiger partial charge in [-0.3, -0.25) is 0 Å². The second kappa shape index (κ2) is 3.82. The third-order valence-corrected chi connectivity index (χ3v) is 2.54. The molecule has 0 atom stereocenters. The summed E-state index contributed by atoms with van der Waals surface area (Å²) in [6.07, 6.45) is 3.62. The number of aromatic amines is 1. The largest absolute Gasteiger partial charge is 0.338 e. The topological polar surface area (TPSA) is 67.3 Å². The lowest BCUT2D eigenvalue weighted by atomic mass is 10.3. The van der Waals surface area contributed by atoms with Crippen molar-refractivity contribution >= 4 is 34.9 Å². The molecule has 0 fully saturated rings. The molecule has 1 N–H and O–H groups in total. The molecule has 0 radical (unpaired) electrons. The molecule has 0 aliphatic heterocycles. The van der Waals surface area contributed by atoms with Crippen LogP contribution in [0.3, 0.4) is 0 Å². The molecule has 1 aromatic carbocycles. The first kappa shape index (κ1) is 9.17. The van der Waals surface area contributed by atoms with Gasteiger partial charge >= 0.3 is 0 Å². The van der Waals surface area contributed by atoms with Crippen molar-refractivity contribution in [1.29, 1.82) is 0 Å². The molecule has 3 rings (SSSR count). The molecular weight excluding hydrogens is 222 g/mol. The van der Waals surface area contributed by atoms with Crippen LogP contribution in [0.5, 0.6) is 0 Å². The van der Waals surface area contributed by atoms with Gasteiger partial charge in [0.25, 0.3) is 0 Å². The Kier molecular flexibility index (Phi) is 2.19. The van der Waals surface area contributed by atoms with Gasteiger partial charge in [0.1, 0.15) is 5.82 Å². The van der Waals surface area contributed by atoms with E-state index in [4.69, 9.17) is 0 Å². The molecule has 0 saturated carbocycles. The Morgan fingerprint density at radius 2 is 2.12 bits per heavy atom. The SMILES string of the molecule is C(=Cc1nc2ccccc2[nH]1)c1nnsn1. The Morgan fingerprint density at radius 1 is 1.19 bits per heavy atom. The van der Waals surface area contributed by atoms with E-state index in [0.29, 0.717) is 5.82 Å². The number of rotatable bonds is 2. The molecule has 0 amide bonds. The zero-order valence-electron chi connectivity index (χ0n) is 8.16. The number of para-hydroxylation sites is 2. The maximum atomic E-state index is 4.40. The quantitative estimate of drug-likeness (QED) is 0.729. The van der Waals surface area contributed by atoms with Crippen molar-refractivity contribution < 1.29 is 0 Å². The highest BCUT2D eigenvalue weighted by Gasteiger charge is 1.98. The molecule has 6 heteroatoms. The van der Waals surface area contributed by atoms with Gasteiger partial charge in [0.2, 0.25) is 0 Å². The van der Waals surface area contributed by atoms with Crippen LogP contribution in [0.2, 0.25) is 0 Å². The molecule has 0 unspecified atom stereocenters. The monoisotopic (exact) mass is 229 g/mol. The molecule has 0 bridgehead atoms. The van der Waals surface area contributed by atoms with Crippen LogP contribution >= 0.6 is 11.7 Å². The molecule has 0 saturated heterocycles. The molecule has 0 aliphatic rings. The van der Waals surface area contributed by atoms with Crippen LogP contribution < -0.4 is 0 Å². The second-order valence-corrected chi connectivity index (χ2v) is 3.69. The Labute approximate surface area is 95.2 Å². The maximum Gasteiger partial charge on any atom is 0.189 e. The predicted octanol–water partition coefficient (Wildman–Crippen LogP) is 1.98. The summed E-state index contributed by atoms with van der Waals surface area (Å²) in [7, 11) is 0. The van der Waals surface area contributed by atoms with Crippen LogP contribution in [-0.2, 0) is 0 Å². The van der Waals surface area contributed by atoms with Crippen molar-refractivity contribution in [3.05, 3.63) is 35.9 Å². The Bertz CT molecular complexity index is 593. The first-order valence-corrected chi connectivity index (χ1v) is 5.43. The fraction of sp³-hybridized carbons (Fsp3) is 0. The van der Waals surface area contributed by atoms with E-state index in [2.05, 4.69) is 23.9 Å². The summed E-state index contributed by atoms with van der Waals surface area (Å²) in [5.41, 5.74) is 1.97. The van der Waals surface area contributed by atoms with Crippen molar-refractivity contribution in [1.82, 2.24) is 23.9 Å². The summed E-state index contributed by atoms with van der Waals surface area (Å²) in [5.74, 6) is 1.39. The van der Waals surface area contributed by atoms with Crippen LogP contribution in [0, 0.1) is 0 Å². The van der Waals surface area contributed by atoms with Gasteiger partial charge in [-0.1, -0.05) is 16.6 Å². The van der Waals surface area contributed by atoms with Gasteiger partial charge in [-0.15, -0.1) is 5.10 Å². The van der Waals surface area contributed by atoms with Crippen molar-refractivity contribution in [2.75, 3.05) is 0 Å². The highest BCUT2D eigenvalue weighted by Crippen LogP contribution is 2.11. The molecule has 3 aromatic rings. The summed E-state index contributed by atoms with van der Waals surface area (Å²) >= 11 is 1.09. The minimum Gasteiger partial charge on any atom is -0.338 e. The summed E-state index contributed by atoms with van der Waals surface area (Å²) in [6.45, 7) is 0. The predicted molar refractivity (Wildman–Crippen MR) is 62.7 cm³/mol. The van der Waals surface area contributed by atoms with E-state index in [1.165, 1.54) is 0 Å². The zero-order chi connectivity index (χ0) is 10.8. The Morgan fingerprint density at radius 3 is 2.94 bits per heavy atom. The van der Waals surface area contributed by atoms with E-state index in [1.807, 2.05) is 30.3 Å². The highest BCUT2D eigenvalue weighted by molar-refractivity contribution is 6.98. The van der Waals surface area contributed by atoms with Gasteiger partial charge in [-0.05, 0) is 24.3 Å². The lowest BCUT2D eigenvalue weighted by Gasteiger charge is -1.81. The number of hydrogen-bond acceptors (Lipinski definition) is 5. The fourth-order valence-corrected chi connectivity index (χ4v) is 1.74. The zero-order valence-corrected chi connectivity index (χ0v) is 8.98. The van der Waals surface area contributed by atoms with Crippen molar-refractivity contribution in [3.8, 4) is 0 Å². The summed E-state index contributed by atoms with van der Waals surface area (Å²) in [5, 5.41) is 3.81. The smallest absolute Gasteiger partial charge is 0.189 e. The van der Waals surface area contributed by atoms with Crippen LogP contribution in [0.1, 0.15) is 11.6 Å². The molecule has 5 nitrogen and oxygen atoms in total. The van der Waals surface area contributed by atoms with E-state index in [-0.39, 0.29) is 0 Å². The summed E-state index contributed by atoms with van der Waals surface area (Å²) < 4.78 is 7.65.